The van der Waals surface area contributed by atoms with Gasteiger partial charge in [0, 0.05) is 21.7 Å². The first kappa shape index (κ1) is 13.2. The Kier molecular flexibility index (Phi) is 3.83. The van der Waals surface area contributed by atoms with Crippen molar-refractivity contribution in [2.24, 2.45) is 0 Å². The van der Waals surface area contributed by atoms with Crippen LogP contribution in [0.2, 0.25) is 0 Å². The number of hydrogen-bond donors (Lipinski definition) is 1. The van der Waals surface area contributed by atoms with Crippen molar-refractivity contribution in [3.05, 3.63) is 47.1 Å². The van der Waals surface area contributed by atoms with Crippen LogP contribution in [0.5, 0.6) is 0 Å². The van der Waals surface area contributed by atoms with Crippen molar-refractivity contribution in [3.63, 3.8) is 0 Å². The van der Waals surface area contributed by atoms with Crippen molar-refractivity contribution >= 4 is 11.3 Å². The van der Waals surface area contributed by atoms with Crippen LogP contribution in [0.3, 0.4) is 0 Å². The van der Waals surface area contributed by atoms with E-state index in [4.69, 9.17) is 0 Å². The molecule has 0 atom stereocenters. The summed E-state index contributed by atoms with van der Waals surface area (Å²) in [5.41, 5.74) is 1.05. The molecule has 0 spiro atoms. The third kappa shape index (κ3) is 2.79. The van der Waals surface area contributed by atoms with Gasteiger partial charge >= 0.3 is 0 Å². The molecule has 0 bridgehead atoms. The van der Waals surface area contributed by atoms with Gasteiger partial charge in [-0.25, -0.2) is 4.39 Å². The molecule has 0 aliphatic carbocycles. The number of halogens is 1. The monoisotopic (exact) mass is 263 g/mol. The molecule has 1 heterocycles. The maximum Gasteiger partial charge on any atom is 0.123 e. The van der Waals surface area contributed by atoms with E-state index in [0.717, 1.165) is 17.0 Å². The van der Waals surface area contributed by atoms with E-state index < -0.39 is 0 Å². The molecule has 1 nitrogen and oxygen atoms in total. The van der Waals surface area contributed by atoms with E-state index in [1.165, 1.54) is 10.9 Å². The summed E-state index contributed by atoms with van der Waals surface area (Å²) in [6.45, 7) is 5.35. The zero-order valence-corrected chi connectivity index (χ0v) is 11.8. The minimum atomic E-state index is -0.183. The highest BCUT2D eigenvalue weighted by atomic mass is 32.1. The number of hydrogen-bond acceptors (Lipinski definition) is 2. The molecule has 0 amide bonds. The lowest BCUT2D eigenvalue weighted by molar-refractivity contribution is 0.503. The Morgan fingerprint density at radius 3 is 2.67 bits per heavy atom. The van der Waals surface area contributed by atoms with E-state index in [2.05, 4.69) is 31.3 Å². The Morgan fingerprint density at radius 1 is 1.22 bits per heavy atom. The zero-order valence-electron chi connectivity index (χ0n) is 11.0. The molecule has 0 saturated carbocycles. The van der Waals surface area contributed by atoms with Crippen LogP contribution in [0.1, 0.15) is 18.7 Å². The smallest absolute Gasteiger partial charge is 0.123 e. The Hall–Kier alpha value is -1.19. The predicted molar refractivity (Wildman–Crippen MR) is 76.7 cm³/mol. The molecule has 0 saturated heterocycles. The Bertz CT molecular complexity index is 531. The lowest BCUT2D eigenvalue weighted by atomic mass is 9.91. The van der Waals surface area contributed by atoms with Crippen LogP contribution in [-0.4, -0.2) is 13.6 Å². The summed E-state index contributed by atoms with van der Waals surface area (Å²) in [6, 6.07) is 11.0. The standard InChI is InChI=1S/C15H18FNS/c1-15(2,10-17-3)14-8-7-13(18-14)11-5-4-6-12(16)9-11/h4-9,17H,10H2,1-3H3. The van der Waals surface area contributed by atoms with E-state index in [1.807, 2.05) is 13.1 Å². The molecule has 1 aromatic carbocycles. The van der Waals surface area contributed by atoms with Crippen molar-refractivity contribution < 1.29 is 4.39 Å². The molecule has 3 heteroatoms. The van der Waals surface area contributed by atoms with Gasteiger partial charge in [-0.3, -0.25) is 0 Å². The molecule has 0 fully saturated rings. The summed E-state index contributed by atoms with van der Waals surface area (Å²) in [7, 11) is 1.96. The van der Waals surface area contributed by atoms with E-state index in [1.54, 1.807) is 23.5 Å². The molecule has 2 rings (SSSR count). The minimum absolute atomic E-state index is 0.102. The summed E-state index contributed by atoms with van der Waals surface area (Å²) in [4.78, 5) is 2.43. The van der Waals surface area contributed by atoms with Gasteiger partial charge in [0.1, 0.15) is 5.82 Å². The number of nitrogens with one attached hydrogen (secondary N) is 1. The minimum Gasteiger partial charge on any atom is -0.319 e. The SMILES string of the molecule is CNCC(C)(C)c1ccc(-c2cccc(F)c2)s1. The van der Waals surface area contributed by atoms with Crippen molar-refractivity contribution in [1.29, 1.82) is 0 Å². The Labute approximate surface area is 112 Å². The molecule has 18 heavy (non-hydrogen) atoms. The second-order valence-corrected chi connectivity index (χ2v) is 6.17. The zero-order chi connectivity index (χ0) is 13.2. The third-order valence-corrected chi connectivity index (χ3v) is 4.50. The van der Waals surface area contributed by atoms with Crippen LogP contribution < -0.4 is 5.32 Å². The summed E-state index contributed by atoms with van der Waals surface area (Å²) in [6.07, 6.45) is 0. The average molecular weight is 263 g/mol. The van der Waals surface area contributed by atoms with Crippen LogP contribution in [0.25, 0.3) is 10.4 Å². The Balaban J connectivity index is 2.31. The van der Waals surface area contributed by atoms with Crippen molar-refractivity contribution in [3.8, 4) is 10.4 Å². The summed E-state index contributed by atoms with van der Waals surface area (Å²) >= 11 is 1.73. The van der Waals surface area contributed by atoms with Crippen LogP contribution in [-0.2, 0) is 5.41 Å². The highest BCUT2D eigenvalue weighted by Gasteiger charge is 2.21. The number of rotatable bonds is 4. The van der Waals surface area contributed by atoms with Gasteiger partial charge in [-0.2, -0.15) is 0 Å². The fourth-order valence-corrected chi connectivity index (χ4v) is 3.13. The maximum absolute atomic E-state index is 13.2. The van der Waals surface area contributed by atoms with Crippen LogP contribution in [0.15, 0.2) is 36.4 Å². The van der Waals surface area contributed by atoms with Gasteiger partial charge in [0.15, 0.2) is 0 Å². The van der Waals surface area contributed by atoms with Gasteiger partial charge in [-0.15, -0.1) is 11.3 Å². The summed E-state index contributed by atoms with van der Waals surface area (Å²) in [5.74, 6) is -0.183. The summed E-state index contributed by atoms with van der Waals surface area (Å²) < 4.78 is 13.2. The second-order valence-electron chi connectivity index (χ2n) is 5.09. The lowest BCUT2D eigenvalue weighted by Gasteiger charge is -2.22. The molecule has 2 aromatic rings. The van der Waals surface area contributed by atoms with E-state index in [9.17, 15) is 4.39 Å². The Morgan fingerprint density at radius 2 is 2.00 bits per heavy atom. The first-order valence-corrected chi connectivity index (χ1v) is 6.85. The second kappa shape index (κ2) is 5.21. The number of likely N-dealkylation sites (N-methyl/N-ethyl adjacent to an activating group) is 1. The summed E-state index contributed by atoms with van der Waals surface area (Å²) in [5, 5.41) is 3.21. The van der Waals surface area contributed by atoms with E-state index >= 15 is 0 Å². The van der Waals surface area contributed by atoms with Gasteiger partial charge in [0.25, 0.3) is 0 Å². The van der Waals surface area contributed by atoms with Gasteiger partial charge in [0.2, 0.25) is 0 Å². The highest BCUT2D eigenvalue weighted by Crippen LogP contribution is 2.35. The number of benzene rings is 1. The van der Waals surface area contributed by atoms with Crippen molar-refractivity contribution in [1.82, 2.24) is 5.32 Å². The van der Waals surface area contributed by atoms with Gasteiger partial charge < -0.3 is 5.32 Å². The van der Waals surface area contributed by atoms with Crippen LogP contribution in [0, 0.1) is 5.82 Å². The molecule has 0 aliphatic heterocycles. The fraction of sp³-hybridized carbons (Fsp3) is 0.333. The first-order chi connectivity index (χ1) is 8.53. The van der Waals surface area contributed by atoms with Crippen molar-refractivity contribution in [2.45, 2.75) is 19.3 Å². The van der Waals surface area contributed by atoms with Crippen LogP contribution >= 0.6 is 11.3 Å². The predicted octanol–water partition coefficient (Wildman–Crippen LogP) is 4.05. The fourth-order valence-electron chi connectivity index (χ4n) is 2.03. The van der Waals surface area contributed by atoms with Crippen molar-refractivity contribution in [2.75, 3.05) is 13.6 Å². The third-order valence-electron chi connectivity index (χ3n) is 3.00. The molecule has 1 aromatic heterocycles. The topological polar surface area (TPSA) is 12.0 Å². The van der Waals surface area contributed by atoms with Gasteiger partial charge in [-0.05, 0) is 36.9 Å². The first-order valence-electron chi connectivity index (χ1n) is 6.04. The highest BCUT2D eigenvalue weighted by molar-refractivity contribution is 7.15. The van der Waals surface area contributed by atoms with E-state index in [-0.39, 0.29) is 11.2 Å². The normalized spacial score (nSPS) is 11.8. The quantitative estimate of drug-likeness (QED) is 0.877. The van der Waals surface area contributed by atoms with Gasteiger partial charge in [0.05, 0.1) is 0 Å². The average Bonchev–Trinajstić information content (AvgIpc) is 2.78. The molecule has 1 N–H and O–H groups in total. The van der Waals surface area contributed by atoms with Gasteiger partial charge in [-0.1, -0.05) is 26.0 Å². The van der Waals surface area contributed by atoms with Crippen LogP contribution in [0.4, 0.5) is 4.39 Å². The molecule has 96 valence electrons. The molecular formula is C15H18FNS. The number of thiophene rings is 1. The molecule has 0 aliphatic rings. The molecule has 0 radical (unpaired) electrons. The maximum atomic E-state index is 13.2. The molecule has 0 unspecified atom stereocenters. The lowest BCUT2D eigenvalue weighted by Crippen LogP contribution is -2.29. The van der Waals surface area contributed by atoms with E-state index in [0.29, 0.717) is 0 Å². The molecular weight excluding hydrogens is 245 g/mol. The largest absolute Gasteiger partial charge is 0.319 e.